The zero-order chi connectivity index (χ0) is 16.4. The Kier molecular flexibility index (Phi) is 4.16. The molecule has 2 rings (SSSR count). The Morgan fingerprint density at radius 1 is 1.05 bits per heavy atom. The summed E-state index contributed by atoms with van der Waals surface area (Å²) in [5.74, 6) is -6.23. The molecular formula is C15H10F3NO3. The number of aromatic carboxylic acids is 1. The van der Waals surface area contributed by atoms with E-state index in [1.165, 1.54) is 18.2 Å². The zero-order valence-electron chi connectivity index (χ0n) is 11.3. The molecule has 0 saturated carbocycles. The average Bonchev–Trinajstić information content (AvgIpc) is 2.45. The van der Waals surface area contributed by atoms with Crippen molar-refractivity contribution in [2.75, 3.05) is 5.32 Å². The van der Waals surface area contributed by atoms with Crippen molar-refractivity contribution < 1.29 is 27.9 Å². The second-order valence-electron chi connectivity index (χ2n) is 4.44. The van der Waals surface area contributed by atoms with Crippen LogP contribution in [0.25, 0.3) is 0 Å². The number of carbonyl (C=O) groups excluding carboxylic acids is 1. The molecule has 0 fully saturated rings. The van der Waals surface area contributed by atoms with Gasteiger partial charge in [0.2, 0.25) is 0 Å². The van der Waals surface area contributed by atoms with E-state index in [9.17, 15) is 22.8 Å². The molecule has 0 heterocycles. The molecule has 0 bridgehead atoms. The number of hydrogen-bond donors (Lipinski definition) is 2. The Morgan fingerprint density at radius 3 is 2.23 bits per heavy atom. The minimum absolute atomic E-state index is 0.223. The maximum Gasteiger partial charge on any atom is 0.337 e. The third kappa shape index (κ3) is 2.78. The highest BCUT2D eigenvalue weighted by Gasteiger charge is 2.24. The lowest BCUT2D eigenvalue weighted by Crippen LogP contribution is -2.11. The third-order valence-corrected chi connectivity index (χ3v) is 2.95. The average molecular weight is 309 g/mol. The van der Waals surface area contributed by atoms with Crippen LogP contribution in [0.4, 0.5) is 24.5 Å². The van der Waals surface area contributed by atoms with E-state index in [1.54, 1.807) is 0 Å². The van der Waals surface area contributed by atoms with Gasteiger partial charge in [-0.3, -0.25) is 4.79 Å². The standard InChI is InChI=1S/C15H10F3NO3/c1-7(20)8-6-9(15(21)22)14(13(18)12(8)17)19-11-5-3-2-4-10(11)16/h2-6,19H,1H3,(H,21,22). The first-order chi connectivity index (χ1) is 10.3. The van der Waals surface area contributed by atoms with Gasteiger partial charge < -0.3 is 10.4 Å². The van der Waals surface area contributed by atoms with Gasteiger partial charge in [0, 0.05) is 0 Å². The summed E-state index contributed by atoms with van der Waals surface area (Å²) in [6, 6.07) is 5.84. The minimum atomic E-state index is -1.58. The van der Waals surface area contributed by atoms with Gasteiger partial charge in [0.25, 0.3) is 0 Å². The Morgan fingerprint density at radius 2 is 1.68 bits per heavy atom. The zero-order valence-corrected chi connectivity index (χ0v) is 11.3. The fraction of sp³-hybridized carbons (Fsp3) is 0.0667. The van der Waals surface area contributed by atoms with Crippen molar-refractivity contribution >= 4 is 23.1 Å². The lowest BCUT2D eigenvalue weighted by atomic mass is 10.0. The smallest absolute Gasteiger partial charge is 0.337 e. The number of halogens is 3. The van der Waals surface area contributed by atoms with Gasteiger partial charge in [-0.15, -0.1) is 0 Å². The summed E-state index contributed by atoms with van der Waals surface area (Å²) in [6.07, 6.45) is 0. The number of benzene rings is 2. The molecule has 2 N–H and O–H groups in total. The lowest BCUT2D eigenvalue weighted by molar-refractivity contribution is 0.0697. The Hall–Kier alpha value is -2.83. The summed E-state index contributed by atoms with van der Waals surface area (Å²) in [5, 5.41) is 11.3. The first kappa shape index (κ1) is 15.6. The van der Waals surface area contributed by atoms with Crippen LogP contribution in [0.1, 0.15) is 27.6 Å². The number of carbonyl (C=O) groups is 2. The van der Waals surface area contributed by atoms with Crippen LogP contribution >= 0.6 is 0 Å². The molecule has 0 saturated heterocycles. The fourth-order valence-corrected chi connectivity index (χ4v) is 1.87. The Labute approximate surface area is 123 Å². The van der Waals surface area contributed by atoms with E-state index in [-0.39, 0.29) is 5.69 Å². The van der Waals surface area contributed by atoms with Crippen molar-refractivity contribution in [2.24, 2.45) is 0 Å². The van der Waals surface area contributed by atoms with Crippen LogP contribution in [0.5, 0.6) is 0 Å². The van der Waals surface area contributed by atoms with Gasteiger partial charge in [-0.05, 0) is 25.1 Å². The number of ketones is 1. The van der Waals surface area contributed by atoms with Crippen molar-refractivity contribution in [1.29, 1.82) is 0 Å². The van der Waals surface area contributed by atoms with Gasteiger partial charge in [-0.25, -0.2) is 18.0 Å². The molecule has 0 radical (unpaired) electrons. The highest BCUT2D eigenvalue weighted by Crippen LogP contribution is 2.30. The number of rotatable bonds is 4. The third-order valence-electron chi connectivity index (χ3n) is 2.95. The summed E-state index contributed by atoms with van der Waals surface area (Å²) in [7, 11) is 0. The molecule has 22 heavy (non-hydrogen) atoms. The van der Waals surface area contributed by atoms with Crippen molar-refractivity contribution in [3.8, 4) is 0 Å². The van der Waals surface area contributed by atoms with E-state index in [0.717, 1.165) is 13.0 Å². The summed E-state index contributed by atoms with van der Waals surface area (Å²) >= 11 is 0. The van der Waals surface area contributed by atoms with Crippen LogP contribution in [-0.2, 0) is 0 Å². The maximum absolute atomic E-state index is 14.1. The quantitative estimate of drug-likeness (QED) is 0.844. The topological polar surface area (TPSA) is 66.4 Å². The van der Waals surface area contributed by atoms with E-state index in [0.29, 0.717) is 6.07 Å². The number of carboxylic acids is 1. The van der Waals surface area contributed by atoms with Gasteiger partial charge in [-0.2, -0.15) is 0 Å². The minimum Gasteiger partial charge on any atom is -0.478 e. The summed E-state index contributed by atoms with van der Waals surface area (Å²) in [5.41, 5.74) is -2.33. The predicted octanol–water partition coefficient (Wildman–Crippen LogP) is 3.75. The number of hydrogen-bond acceptors (Lipinski definition) is 3. The molecule has 114 valence electrons. The number of anilines is 2. The predicted molar refractivity (Wildman–Crippen MR) is 73.0 cm³/mol. The largest absolute Gasteiger partial charge is 0.478 e. The van der Waals surface area contributed by atoms with Gasteiger partial charge in [0.15, 0.2) is 17.4 Å². The second-order valence-corrected chi connectivity index (χ2v) is 4.44. The molecule has 2 aromatic carbocycles. The van der Waals surface area contributed by atoms with Crippen LogP contribution in [-0.4, -0.2) is 16.9 Å². The molecule has 0 amide bonds. The van der Waals surface area contributed by atoms with Crippen molar-refractivity contribution in [3.63, 3.8) is 0 Å². The van der Waals surface area contributed by atoms with E-state index in [1.807, 2.05) is 0 Å². The number of nitrogens with one attached hydrogen (secondary N) is 1. The van der Waals surface area contributed by atoms with Gasteiger partial charge >= 0.3 is 5.97 Å². The number of Topliss-reactive ketones (excluding diaryl/α,β-unsaturated/α-hetero) is 1. The molecule has 7 heteroatoms. The van der Waals surface area contributed by atoms with Crippen LogP contribution in [0.2, 0.25) is 0 Å². The lowest BCUT2D eigenvalue weighted by Gasteiger charge is -2.13. The molecule has 0 atom stereocenters. The summed E-state index contributed by atoms with van der Waals surface area (Å²) in [6.45, 7) is 0.980. The van der Waals surface area contributed by atoms with Crippen molar-refractivity contribution in [1.82, 2.24) is 0 Å². The van der Waals surface area contributed by atoms with Crippen molar-refractivity contribution in [3.05, 3.63) is 58.9 Å². The maximum atomic E-state index is 14.1. The van der Waals surface area contributed by atoms with E-state index in [4.69, 9.17) is 5.11 Å². The first-order valence-electron chi connectivity index (χ1n) is 6.10. The van der Waals surface area contributed by atoms with Gasteiger partial charge in [0.1, 0.15) is 5.82 Å². The molecule has 0 aliphatic carbocycles. The number of para-hydroxylation sites is 1. The molecule has 4 nitrogen and oxygen atoms in total. The Bertz CT molecular complexity index is 775. The molecule has 0 aromatic heterocycles. The van der Waals surface area contributed by atoms with E-state index < -0.39 is 46.0 Å². The molecule has 0 spiro atoms. The monoisotopic (exact) mass is 309 g/mol. The SMILES string of the molecule is CC(=O)c1cc(C(=O)O)c(Nc2ccccc2F)c(F)c1F. The normalized spacial score (nSPS) is 10.4. The first-order valence-corrected chi connectivity index (χ1v) is 6.10. The highest BCUT2D eigenvalue weighted by atomic mass is 19.2. The van der Waals surface area contributed by atoms with E-state index >= 15 is 0 Å². The Balaban J connectivity index is 2.65. The molecule has 2 aromatic rings. The van der Waals surface area contributed by atoms with E-state index in [2.05, 4.69) is 5.32 Å². The van der Waals surface area contributed by atoms with Crippen LogP contribution in [0.15, 0.2) is 30.3 Å². The molecule has 0 aliphatic rings. The summed E-state index contributed by atoms with van der Waals surface area (Å²) < 4.78 is 41.5. The van der Waals surface area contributed by atoms with Gasteiger partial charge in [0.05, 0.1) is 22.5 Å². The van der Waals surface area contributed by atoms with Crippen LogP contribution in [0, 0.1) is 17.5 Å². The van der Waals surface area contributed by atoms with Crippen LogP contribution in [0.3, 0.4) is 0 Å². The fourth-order valence-electron chi connectivity index (χ4n) is 1.87. The highest BCUT2D eigenvalue weighted by molar-refractivity contribution is 6.01. The van der Waals surface area contributed by atoms with Crippen molar-refractivity contribution in [2.45, 2.75) is 6.92 Å². The molecule has 0 aliphatic heterocycles. The van der Waals surface area contributed by atoms with Gasteiger partial charge in [-0.1, -0.05) is 12.1 Å². The second kappa shape index (κ2) is 5.88. The number of carboxylic acid groups (broad SMARTS) is 1. The molecule has 0 unspecified atom stereocenters. The van der Waals surface area contributed by atoms with Crippen LogP contribution < -0.4 is 5.32 Å². The molecular weight excluding hydrogens is 299 g/mol. The summed E-state index contributed by atoms with van der Waals surface area (Å²) in [4.78, 5) is 22.4.